The first kappa shape index (κ1) is 24.4. The molecule has 8 heteroatoms. The average Bonchev–Trinajstić information content (AvgIpc) is 3.32. The third-order valence-electron chi connectivity index (χ3n) is 6.26. The van der Waals surface area contributed by atoms with Gasteiger partial charge in [0.15, 0.2) is 10.9 Å². The number of hydrogen-bond donors (Lipinski definition) is 0. The fourth-order valence-electron chi connectivity index (χ4n) is 4.15. The molecule has 2 heterocycles. The van der Waals surface area contributed by atoms with Crippen molar-refractivity contribution in [2.24, 2.45) is 12.0 Å². The monoisotopic (exact) mass is 509 g/mol. The number of nitrogens with zero attached hydrogens (tertiary/aromatic N) is 5. The zero-order valence-corrected chi connectivity index (χ0v) is 21.9. The van der Waals surface area contributed by atoms with Gasteiger partial charge in [0.1, 0.15) is 0 Å². The summed E-state index contributed by atoms with van der Waals surface area (Å²) < 4.78 is 3.38. The van der Waals surface area contributed by atoms with Gasteiger partial charge in [0.05, 0.1) is 22.0 Å². The van der Waals surface area contributed by atoms with Crippen LogP contribution in [0.15, 0.2) is 99.6 Å². The smallest absolute Gasteiger partial charge is 0.297 e. The lowest BCUT2D eigenvalue weighted by atomic mass is 10.2. The van der Waals surface area contributed by atoms with Crippen LogP contribution < -0.4 is 15.4 Å². The predicted octanol–water partition coefficient (Wildman–Crippen LogP) is 5.36. The molecule has 0 N–H and O–H groups in total. The lowest BCUT2D eigenvalue weighted by Gasteiger charge is -2.15. The number of hydrogen-bond acceptors (Lipinski definition) is 5. The number of carbonyl (C=O) groups is 1. The van der Waals surface area contributed by atoms with Crippen LogP contribution in [0.1, 0.15) is 11.3 Å². The van der Waals surface area contributed by atoms with Gasteiger partial charge >= 0.3 is 0 Å². The minimum absolute atomic E-state index is 0.177. The van der Waals surface area contributed by atoms with Crippen LogP contribution in [0, 0.1) is 6.92 Å². The Labute approximate surface area is 220 Å². The van der Waals surface area contributed by atoms with Crippen LogP contribution in [0.5, 0.6) is 0 Å². The highest BCUT2D eigenvalue weighted by atomic mass is 32.2. The van der Waals surface area contributed by atoms with Crippen molar-refractivity contribution in [2.75, 3.05) is 23.9 Å². The number of aromatic nitrogens is 2. The molecule has 0 aliphatic carbocycles. The van der Waals surface area contributed by atoms with Crippen LogP contribution in [-0.2, 0) is 11.8 Å². The molecular weight excluding hydrogens is 482 g/mol. The largest absolute Gasteiger partial charge is 0.378 e. The first-order valence-corrected chi connectivity index (χ1v) is 12.7. The highest BCUT2D eigenvalue weighted by Crippen LogP contribution is 2.37. The quantitative estimate of drug-likeness (QED) is 0.340. The number of amidine groups is 1. The van der Waals surface area contributed by atoms with Gasteiger partial charge < -0.3 is 4.90 Å². The van der Waals surface area contributed by atoms with Crippen molar-refractivity contribution < 1.29 is 4.79 Å². The van der Waals surface area contributed by atoms with Crippen molar-refractivity contribution >= 4 is 46.0 Å². The average molecular weight is 510 g/mol. The molecule has 0 atom stereocenters. The van der Waals surface area contributed by atoms with Gasteiger partial charge in [-0.05, 0) is 66.7 Å². The molecule has 7 nitrogen and oxygen atoms in total. The molecule has 3 aromatic carbocycles. The molecule has 1 saturated heterocycles. The summed E-state index contributed by atoms with van der Waals surface area (Å²) in [6.45, 7) is 1.86. The summed E-state index contributed by atoms with van der Waals surface area (Å²) in [4.78, 5) is 36.0. The van der Waals surface area contributed by atoms with Crippen molar-refractivity contribution in [3.8, 4) is 5.69 Å². The Bertz CT molecular complexity index is 1570. The molecule has 5 rings (SSSR count). The van der Waals surface area contributed by atoms with E-state index in [9.17, 15) is 9.59 Å². The van der Waals surface area contributed by atoms with Crippen LogP contribution in [-0.4, -0.2) is 34.5 Å². The van der Waals surface area contributed by atoms with Gasteiger partial charge in [-0.1, -0.05) is 48.5 Å². The number of thioether (sulfide) groups is 1. The third kappa shape index (κ3) is 4.63. The predicted molar refractivity (Wildman–Crippen MR) is 153 cm³/mol. The zero-order chi connectivity index (χ0) is 26.1. The molecule has 1 aliphatic rings. The van der Waals surface area contributed by atoms with E-state index in [0.717, 1.165) is 16.9 Å². The van der Waals surface area contributed by atoms with Gasteiger partial charge in [0.2, 0.25) is 0 Å². The van der Waals surface area contributed by atoms with Crippen LogP contribution >= 0.6 is 11.8 Å². The summed E-state index contributed by atoms with van der Waals surface area (Å²) >= 11 is 1.27. The van der Waals surface area contributed by atoms with Crippen molar-refractivity contribution in [1.82, 2.24) is 9.36 Å². The van der Waals surface area contributed by atoms with Crippen LogP contribution in [0.2, 0.25) is 0 Å². The highest BCUT2D eigenvalue weighted by Gasteiger charge is 2.35. The number of benzene rings is 3. The molecule has 1 aromatic heterocycles. The van der Waals surface area contributed by atoms with Crippen molar-refractivity contribution in [2.45, 2.75) is 6.92 Å². The standard InChI is InChI=1S/C29H27N5O2S/c1-20-26(28(36)34(32(20)4)24-13-9-6-10-14-24)30-29-33(23-11-7-5-8-12-23)27(35)25(37-29)19-21-15-17-22(18-16-21)31(2)3/h5-19H,1-4H3/b25-19+,30-29?. The molecule has 37 heavy (non-hydrogen) atoms. The van der Waals surface area contributed by atoms with E-state index in [1.807, 2.05) is 124 Å². The van der Waals surface area contributed by atoms with E-state index in [1.165, 1.54) is 11.8 Å². The van der Waals surface area contributed by atoms with Gasteiger partial charge in [-0.15, -0.1) is 0 Å². The Morgan fingerprint density at radius 2 is 1.43 bits per heavy atom. The van der Waals surface area contributed by atoms with Gasteiger partial charge in [0.25, 0.3) is 11.5 Å². The molecule has 0 bridgehead atoms. The molecule has 0 spiro atoms. The van der Waals surface area contributed by atoms with Crippen molar-refractivity contribution in [3.63, 3.8) is 0 Å². The first-order chi connectivity index (χ1) is 17.8. The number of carbonyl (C=O) groups excluding carboxylic acids is 1. The number of para-hydroxylation sites is 2. The van der Waals surface area contributed by atoms with E-state index >= 15 is 0 Å². The maximum atomic E-state index is 13.6. The van der Waals surface area contributed by atoms with Crippen molar-refractivity contribution in [1.29, 1.82) is 0 Å². The summed E-state index contributed by atoms with van der Waals surface area (Å²) in [7, 11) is 5.81. The Hall–Kier alpha value is -4.30. The number of aliphatic imine (C=N–C) groups is 1. The minimum Gasteiger partial charge on any atom is -0.378 e. The summed E-state index contributed by atoms with van der Waals surface area (Å²) in [6, 6.07) is 26.8. The van der Waals surface area contributed by atoms with Crippen molar-refractivity contribution in [3.05, 3.63) is 111 Å². The lowest BCUT2D eigenvalue weighted by molar-refractivity contribution is -0.113. The fourth-order valence-corrected chi connectivity index (χ4v) is 5.14. The summed E-state index contributed by atoms with van der Waals surface area (Å²) in [5, 5.41) is 0.443. The number of rotatable bonds is 5. The van der Waals surface area contributed by atoms with E-state index in [2.05, 4.69) is 0 Å². The SMILES string of the molecule is Cc1c(N=C2S/C(=C/c3ccc(N(C)C)cc3)C(=O)N2c2ccccc2)c(=O)n(-c2ccccc2)n1C. The van der Waals surface area contributed by atoms with Gasteiger partial charge in [-0.2, -0.15) is 0 Å². The summed E-state index contributed by atoms with van der Waals surface area (Å²) in [5.74, 6) is -0.177. The van der Waals surface area contributed by atoms with Gasteiger partial charge in [-0.25, -0.2) is 9.67 Å². The second-order valence-electron chi connectivity index (χ2n) is 8.88. The third-order valence-corrected chi connectivity index (χ3v) is 7.23. The first-order valence-electron chi connectivity index (χ1n) is 11.8. The van der Waals surface area contributed by atoms with Crippen LogP contribution in [0.3, 0.4) is 0 Å². The zero-order valence-electron chi connectivity index (χ0n) is 21.1. The Morgan fingerprint density at radius 1 is 0.838 bits per heavy atom. The summed E-state index contributed by atoms with van der Waals surface area (Å²) in [6.07, 6.45) is 1.87. The van der Waals surface area contributed by atoms with E-state index in [-0.39, 0.29) is 11.5 Å². The van der Waals surface area contributed by atoms with E-state index in [0.29, 0.717) is 27.1 Å². The van der Waals surface area contributed by atoms with Gasteiger partial charge in [0, 0.05) is 26.8 Å². The second kappa shape index (κ2) is 9.99. The highest BCUT2D eigenvalue weighted by molar-refractivity contribution is 8.19. The van der Waals surface area contributed by atoms with E-state index in [4.69, 9.17) is 4.99 Å². The fraction of sp³-hybridized carbons (Fsp3) is 0.138. The molecule has 1 amide bonds. The maximum Gasteiger partial charge on any atom is 0.297 e. The molecule has 0 radical (unpaired) electrons. The number of anilines is 2. The maximum absolute atomic E-state index is 13.6. The molecule has 186 valence electrons. The van der Waals surface area contributed by atoms with Gasteiger partial charge in [-0.3, -0.25) is 19.2 Å². The molecule has 4 aromatic rings. The van der Waals surface area contributed by atoms with Crippen LogP contribution in [0.25, 0.3) is 11.8 Å². The molecular formula is C29H27N5O2S. The molecule has 1 fully saturated rings. The molecule has 0 unspecified atom stereocenters. The number of amides is 1. The second-order valence-corrected chi connectivity index (χ2v) is 9.89. The Balaban J connectivity index is 1.60. The molecule has 1 aliphatic heterocycles. The van der Waals surface area contributed by atoms with Crippen LogP contribution in [0.4, 0.5) is 17.1 Å². The molecule has 0 saturated carbocycles. The Morgan fingerprint density at radius 3 is 2.03 bits per heavy atom. The van der Waals surface area contributed by atoms with E-state index in [1.54, 1.807) is 14.3 Å². The van der Waals surface area contributed by atoms with E-state index < -0.39 is 0 Å². The topological polar surface area (TPSA) is 62.8 Å². The normalized spacial score (nSPS) is 15.7. The summed E-state index contributed by atoms with van der Waals surface area (Å²) in [5.41, 5.74) is 4.21. The Kier molecular flexibility index (Phi) is 6.58. The lowest BCUT2D eigenvalue weighted by Crippen LogP contribution is -2.29. The minimum atomic E-state index is -0.239.